The summed E-state index contributed by atoms with van der Waals surface area (Å²) in [4.78, 5) is 24.2. The third-order valence-electron chi connectivity index (χ3n) is 7.11. The van der Waals surface area contributed by atoms with Crippen LogP contribution in [0.1, 0.15) is 47.2 Å². The number of aliphatic carboxylic acids is 1. The van der Waals surface area contributed by atoms with Crippen molar-refractivity contribution < 1.29 is 27.9 Å². The highest BCUT2D eigenvalue weighted by molar-refractivity contribution is 6.32. The van der Waals surface area contributed by atoms with Crippen LogP contribution in [0.4, 0.5) is 13.2 Å². The Morgan fingerprint density at radius 3 is 2.38 bits per heavy atom. The van der Waals surface area contributed by atoms with Gasteiger partial charge in [-0.2, -0.15) is 13.2 Å². The average Bonchev–Trinajstić information content (AvgIpc) is 3.09. The molecule has 34 heavy (non-hydrogen) atoms. The van der Waals surface area contributed by atoms with Crippen molar-refractivity contribution >= 4 is 34.4 Å². The predicted octanol–water partition coefficient (Wildman–Crippen LogP) is 5.74. The maximum atomic E-state index is 13.2. The van der Waals surface area contributed by atoms with Crippen LogP contribution in [-0.4, -0.2) is 27.6 Å². The van der Waals surface area contributed by atoms with Crippen molar-refractivity contribution in [2.45, 2.75) is 44.4 Å². The number of carbonyl (C=O) groups is 2. The number of carboxylic acids is 1. The highest BCUT2D eigenvalue weighted by Gasteiger charge is 2.55. The Morgan fingerprint density at radius 1 is 1.09 bits per heavy atom. The van der Waals surface area contributed by atoms with E-state index in [4.69, 9.17) is 16.7 Å². The number of amides is 1. The molecule has 9 heteroatoms. The van der Waals surface area contributed by atoms with E-state index in [9.17, 15) is 22.8 Å². The Balaban J connectivity index is 1.33. The van der Waals surface area contributed by atoms with Gasteiger partial charge in [0, 0.05) is 29.2 Å². The number of nitrogens with zero attached hydrogens (tertiary/aromatic N) is 1. The summed E-state index contributed by atoms with van der Waals surface area (Å²) in [5.74, 6) is -1.31. The molecule has 1 spiro atoms. The lowest BCUT2D eigenvalue weighted by atomic mass is 9.50. The Labute approximate surface area is 198 Å². The van der Waals surface area contributed by atoms with Gasteiger partial charge in [-0.05, 0) is 67.0 Å². The number of carbonyl (C=O) groups excluding carboxylic acids is 1. The maximum absolute atomic E-state index is 13.2. The van der Waals surface area contributed by atoms with Crippen molar-refractivity contribution in [1.29, 1.82) is 0 Å². The highest BCUT2D eigenvalue weighted by Crippen LogP contribution is 2.58. The van der Waals surface area contributed by atoms with E-state index < -0.39 is 17.7 Å². The van der Waals surface area contributed by atoms with Gasteiger partial charge in [0.15, 0.2) is 0 Å². The summed E-state index contributed by atoms with van der Waals surface area (Å²) in [6, 6.07) is 10.1. The van der Waals surface area contributed by atoms with Gasteiger partial charge < -0.3 is 15.0 Å². The van der Waals surface area contributed by atoms with E-state index in [0.717, 1.165) is 30.4 Å². The summed E-state index contributed by atoms with van der Waals surface area (Å²) >= 11 is 6.25. The molecule has 5 nitrogen and oxygen atoms in total. The number of hydrogen-bond acceptors (Lipinski definition) is 2. The minimum Gasteiger partial charge on any atom is -0.481 e. The van der Waals surface area contributed by atoms with Crippen LogP contribution in [-0.2, 0) is 17.5 Å². The summed E-state index contributed by atoms with van der Waals surface area (Å²) in [7, 11) is 0. The largest absolute Gasteiger partial charge is 0.481 e. The molecule has 0 bridgehead atoms. The molecule has 2 fully saturated rings. The lowest BCUT2D eigenvalue weighted by molar-refractivity contribution is -0.155. The Hall–Kier alpha value is -3.00. The number of aromatic nitrogens is 1. The molecule has 2 saturated carbocycles. The number of carboxylic acid groups (broad SMARTS) is 1. The zero-order valence-corrected chi connectivity index (χ0v) is 18.8. The summed E-state index contributed by atoms with van der Waals surface area (Å²) < 4.78 is 40.4. The number of hydrogen-bond donors (Lipinski definition) is 2. The fourth-order valence-electron chi connectivity index (χ4n) is 5.46. The summed E-state index contributed by atoms with van der Waals surface area (Å²) in [6.07, 6.45) is 0.235. The van der Waals surface area contributed by atoms with Gasteiger partial charge >= 0.3 is 12.1 Å². The molecule has 0 radical (unpaired) electrons. The molecular weight excluding hydrogens is 469 g/mol. The molecule has 0 atom stereocenters. The van der Waals surface area contributed by atoms with Crippen LogP contribution in [0.25, 0.3) is 10.9 Å². The first-order valence-electron chi connectivity index (χ1n) is 11.0. The minimum atomic E-state index is -4.39. The summed E-state index contributed by atoms with van der Waals surface area (Å²) in [5, 5.41) is 13.3. The molecule has 3 aromatic rings. The third kappa shape index (κ3) is 4.15. The molecule has 5 rings (SSSR count). The molecule has 178 valence electrons. The van der Waals surface area contributed by atoms with Crippen LogP contribution in [0.15, 0.2) is 48.7 Å². The van der Waals surface area contributed by atoms with Crippen LogP contribution in [0.5, 0.6) is 0 Å². The fraction of sp³-hybridized carbons (Fsp3) is 0.360. The van der Waals surface area contributed by atoms with Gasteiger partial charge in [-0.25, -0.2) is 0 Å². The van der Waals surface area contributed by atoms with E-state index >= 15 is 0 Å². The number of benzene rings is 2. The van der Waals surface area contributed by atoms with Crippen molar-refractivity contribution in [3.05, 3.63) is 70.4 Å². The molecular formula is C25H22ClF3N2O3. The first-order chi connectivity index (χ1) is 16.0. The van der Waals surface area contributed by atoms with Gasteiger partial charge in [0.1, 0.15) is 0 Å². The van der Waals surface area contributed by atoms with Crippen LogP contribution in [0, 0.1) is 11.3 Å². The van der Waals surface area contributed by atoms with Crippen LogP contribution >= 0.6 is 11.6 Å². The molecule has 2 aromatic carbocycles. The van der Waals surface area contributed by atoms with Crippen LogP contribution in [0.3, 0.4) is 0 Å². The molecule has 2 aliphatic rings. The van der Waals surface area contributed by atoms with Crippen molar-refractivity contribution in [3.8, 4) is 0 Å². The van der Waals surface area contributed by atoms with Crippen molar-refractivity contribution in [1.82, 2.24) is 9.88 Å². The molecule has 1 heterocycles. The fourth-order valence-corrected chi connectivity index (χ4v) is 5.68. The van der Waals surface area contributed by atoms with Crippen molar-refractivity contribution in [3.63, 3.8) is 0 Å². The minimum absolute atomic E-state index is 0.0189. The first-order valence-corrected chi connectivity index (χ1v) is 11.4. The SMILES string of the molecule is O=C(NC1CC2(C1)CC(C(=O)O)C2)c1cc(Cl)cc2ccn(Cc3ccc(C(F)(F)F)cc3)c12. The second-order valence-corrected chi connectivity index (χ2v) is 9.99. The van der Waals surface area contributed by atoms with Gasteiger partial charge in [-0.1, -0.05) is 23.7 Å². The number of fused-ring (bicyclic) bond motifs is 1. The number of rotatable bonds is 5. The van der Waals surface area contributed by atoms with Crippen molar-refractivity contribution in [2.24, 2.45) is 11.3 Å². The standard InChI is InChI=1S/C25H22ClF3N2O3/c26-18-7-15-5-6-31(13-14-1-3-17(4-2-14)25(27,28)29)21(15)20(8-18)22(32)30-19-11-24(12-19)9-16(10-24)23(33)34/h1-8,16,19H,9-13H2,(H,30,32)(H,33,34). The van der Waals surface area contributed by atoms with E-state index in [1.54, 1.807) is 18.3 Å². The first kappa shape index (κ1) is 22.8. The van der Waals surface area contributed by atoms with Gasteiger partial charge in [-0.3, -0.25) is 9.59 Å². The van der Waals surface area contributed by atoms with Gasteiger partial charge in [0.2, 0.25) is 0 Å². The third-order valence-corrected chi connectivity index (χ3v) is 7.32. The van der Waals surface area contributed by atoms with Gasteiger partial charge in [-0.15, -0.1) is 0 Å². The number of nitrogens with one attached hydrogen (secondary N) is 1. The lowest BCUT2D eigenvalue weighted by Crippen LogP contribution is -2.57. The van der Waals surface area contributed by atoms with E-state index in [1.165, 1.54) is 12.1 Å². The molecule has 0 unspecified atom stereocenters. The zero-order chi connectivity index (χ0) is 24.3. The zero-order valence-electron chi connectivity index (χ0n) is 18.0. The van der Waals surface area contributed by atoms with E-state index in [0.29, 0.717) is 41.1 Å². The molecule has 1 amide bonds. The lowest BCUT2D eigenvalue weighted by Gasteiger charge is -2.56. The number of alkyl halides is 3. The summed E-state index contributed by atoms with van der Waals surface area (Å²) in [5.41, 5.74) is 1.06. The second-order valence-electron chi connectivity index (χ2n) is 9.55. The highest BCUT2D eigenvalue weighted by atomic mass is 35.5. The molecule has 0 aliphatic heterocycles. The summed E-state index contributed by atoms with van der Waals surface area (Å²) in [6.45, 7) is 0.298. The van der Waals surface area contributed by atoms with E-state index in [1.807, 2.05) is 10.6 Å². The van der Waals surface area contributed by atoms with Crippen LogP contribution < -0.4 is 5.32 Å². The van der Waals surface area contributed by atoms with Gasteiger partial charge in [0.25, 0.3) is 5.91 Å². The Bertz CT molecular complexity index is 1270. The van der Waals surface area contributed by atoms with Gasteiger partial charge in [0.05, 0.1) is 22.6 Å². The smallest absolute Gasteiger partial charge is 0.416 e. The molecule has 2 N–H and O–H groups in total. The normalized spacial score (nSPS) is 24.0. The second kappa shape index (κ2) is 8.05. The Kier molecular flexibility index (Phi) is 5.39. The predicted molar refractivity (Wildman–Crippen MR) is 121 cm³/mol. The van der Waals surface area contributed by atoms with Crippen LogP contribution in [0.2, 0.25) is 5.02 Å². The molecule has 1 aromatic heterocycles. The molecule has 2 aliphatic carbocycles. The monoisotopic (exact) mass is 490 g/mol. The average molecular weight is 491 g/mol. The maximum Gasteiger partial charge on any atom is 0.416 e. The topological polar surface area (TPSA) is 71.3 Å². The quantitative estimate of drug-likeness (QED) is 0.479. The van der Waals surface area contributed by atoms with E-state index in [-0.39, 0.29) is 23.3 Å². The Morgan fingerprint density at radius 2 is 1.76 bits per heavy atom. The number of halogens is 4. The van der Waals surface area contributed by atoms with Crippen molar-refractivity contribution in [2.75, 3.05) is 0 Å². The van der Waals surface area contributed by atoms with E-state index in [2.05, 4.69) is 5.32 Å². The molecule has 0 saturated heterocycles.